The molecule has 3 aromatic rings. The Balaban J connectivity index is 1.52. The average Bonchev–Trinajstić information content (AvgIpc) is 3.12. The first kappa shape index (κ1) is 20.5. The van der Waals surface area contributed by atoms with Gasteiger partial charge in [0, 0.05) is 35.8 Å². The molecule has 0 bridgehead atoms. The summed E-state index contributed by atoms with van der Waals surface area (Å²) in [5, 5.41) is 4.50. The molecule has 0 aliphatic carbocycles. The summed E-state index contributed by atoms with van der Waals surface area (Å²) < 4.78 is 0. The Morgan fingerprint density at radius 3 is 2.54 bits per heavy atom. The summed E-state index contributed by atoms with van der Waals surface area (Å²) in [7, 11) is 0. The van der Waals surface area contributed by atoms with E-state index in [4.69, 9.17) is 23.2 Å². The molecule has 0 spiro atoms. The van der Waals surface area contributed by atoms with E-state index in [9.17, 15) is 9.59 Å². The maximum absolute atomic E-state index is 12.3. The molecule has 0 saturated heterocycles. The van der Waals surface area contributed by atoms with Crippen molar-refractivity contribution in [3.63, 3.8) is 0 Å². The molecule has 144 valence electrons. The highest BCUT2D eigenvalue weighted by atomic mass is 35.5. The third kappa shape index (κ3) is 5.38. The number of carbonyl (C=O) groups excluding carboxylic acids is 2. The number of benzene rings is 1. The van der Waals surface area contributed by atoms with Crippen LogP contribution in [0.2, 0.25) is 10.0 Å². The molecule has 28 heavy (non-hydrogen) atoms. The van der Waals surface area contributed by atoms with E-state index in [1.807, 2.05) is 6.92 Å². The lowest BCUT2D eigenvalue weighted by Crippen LogP contribution is -2.22. The van der Waals surface area contributed by atoms with Crippen LogP contribution in [0, 0.1) is 6.92 Å². The Labute approximate surface area is 176 Å². The van der Waals surface area contributed by atoms with Gasteiger partial charge in [-0.25, -0.2) is 4.98 Å². The van der Waals surface area contributed by atoms with E-state index in [0.29, 0.717) is 40.7 Å². The van der Waals surface area contributed by atoms with Gasteiger partial charge in [-0.3, -0.25) is 14.6 Å². The van der Waals surface area contributed by atoms with E-state index in [1.54, 1.807) is 48.0 Å². The summed E-state index contributed by atoms with van der Waals surface area (Å²) in [4.78, 5) is 34.0. The summed E-state index contributed by atoms with van der Waals surface area (Å²) in [6, 6.07) is 8.17. The number of pyridine rings is 1. The second-order valence-corrected chi connectivity index (χ2v) is 8.27. The molecule has 0 atom stereocenters. The van der Waals surface area contributed by atoms with Crippen LogP contribution in [0.3, 0.4) is 0 Å². The highest BCUT2D eigenvalue weighted by Gasteiger charge is 2.11. The normalized spacial score (nSPS) is 10.7. The molecule has 0 fully saturated rings. The molecule has 1 N–H and O–H groups in total. The van der Waals surface area contributed by atoms with Crippen molar-refractivity contribution in [2.45, 2.75) is 26.3 Å². The van der Waals surface area contributed by atoms with Crippen molar-refractivity contribution in [1.29, 1.82) is 0 Å². The summed E-state index contributed by atoms with van der Waals surface area (Å²) in [6.45, 7) is 2.23. The second-order valence-electron chi connectivity index (χ2n) is 6.13. The number of Topliss-reactive ketones (excluding diaryl/α,β-unsaturated/α-hetero) is 1. The number of thiazole rings is 1. The zero-order valence-corrected chi connectivity index (χ0v) is 17.4. The van der Waals surface area contributed by atoms with E-state index >= 15 is 0 Å². The van der Waals surface area contributed by atoms with E-state index in [0.717, 1.165) is 15.4 Å². The van der Waals surface area contributed by atoms with Crippen LogP contribution in [0.1, 0.15) is 42.7 Å². The molecule has 2 aromatic heterocycles. The van der Waals surface area contributed by atoms with Gasteiger partial charge in [0.25, 0.3) is 5.91 Å². The van der Waals surface area contributed by atoms with Gasteiger partial charge in [-0.1, -0.05) is 29.3 Å². The van der Waals surface area contributed by atoms with Gasteiger partial charge >= 0.3 is 0 Å². The first-order valence-corrected chi connectivity index (χ1v) is 10.1. The predicted octanol–water partition coefficient (Wildman–Crippen LogP) is 4.90. The molecule has 0 radical (unpaired) electrons. The Morgan fingerprint density at radius 1 is 1.07 bits per heavy atom. The number of aryl methyl sites for hydroxylation is 2. The number of hydrogen-bond donors (Lipinski definition) is 1. The minimum atomic E-state index is -0.265. The van der Waals surface area contributed by atoms with E-state index in [2.05, 4.69) is 15.3 Å². The fourth-order valence-corrected chi connectivity index (χ4v) is 3.59. The number of aromatic nitrogens is 2. The minimum absolute atomic E-state index is 0.0163. The smallest absolute Gasteiger partial charge is 0.251 e. The largest absolute Gasteiger partial charge is 0.348 e. The number of hydrogen-bond acceptors (Lipinski definition) is 5. The maximum Gasteiger partial charge on any atom is 0.251 e. The average molecular weight is 434 g/mol. The maximum atomic E-state index is 12.3. The van der Waals surface area contributed by atoms with E-state index < -0.39 is 0 Å². The second kappa shape index (κ2) is 9.28. The number of amides is 1. The lowest BCUT2D eigenvalue weighted by atomic mass is 10.1. The fraction of sp³-hybridized carbons (Fsp3) is 0.200. The molecule has 3 rings (SSSR count). The van der Waals surface area contributed by atoms with Crippen molar-refractivity contribution >= 4 is 46.2 Å². The Morgan fingerprint density at radius 2 is 1.89 bits per heavy atom. The quantitative estimate of drug-likeness (QED) is 0.537. The van der Waals surface area contributed by atoms with Crippen LogP contribution >= 0.6 is 34.5 Å². The fourth-order valence-electron chi connectivity index (χ4n) is 2.50. The van der Waals surface area contributed by atoms with E-state index in [1.165, 1.54) is 6.07 Å². The SMILES string of the molecule is Cc1ncc(CCC(=O)c2ccc(CNC(=O)c3ccc(Cl)c(Cl)c3)cn2)s1. The van der Waals surface area contributed by atoms with Gasteiger partial charge in [0.15, 0.2) is 5.78 Å². The van der Waals surface area contributed by atoms with Gasteiger partial charge in [-0.15, -0.1) is 11.3 Å². The van der Waals surface area contributed by atoms with Crippen LogP contribution < -0.4 is 5.32 Å². The Hall–Kier alpha value is -2.28. The third-order valence-electron chi connectivity index (χ3n) is 4.01. The van der Waals surface area contributed by atoms with Crippen molar-refractivity contribution in [1.82, 2.24) is 15.3 Å². The monoisotopic (exact) mass is 433 g/mol. The Bertz CT molecular complexity index is 1000. The topological polar surface area (TPSA) is 72.0 Å². The molecule has 1 amide bonds. The van der Waals surface area contributed by atoms with Crippen molar-refractivity contribution in [3.05, 3.63) is 79.5 Å². The zero-order chi connectivity index (χ0) is 20.1. The van der Waals surface area contributed by atoms with Crippen LogP contribution in [0.25, 0.3) is 0 Å². The van der Waals surface area contributed by atoms with Crippen molar-refractivity contribution in [2.75, 3.05) is 0 Å². The number of nitrogens with zero attached hydrogens (tertiary/aromatic N) is 2. The number of halogens is 2. The van der Waals surface area contributed by atoms with Gasteiger partial charge in [0.2, 0.25) is 0 Å². The summed E-state index contributed by atoms with van der Waals surface area (Å²) in [5.41, 5.74) is 1.64. The van der Waals surface area contributed by atoms with Crippen LogP contribution in [-0.4, -0.2) is 21.7 Å². The molecule has 1 aromatic carbocycles. The lowest BCUT2D eigenvalue weighted by Gasteiger charge is -2.07. The lowest BCUT2D eigenvalue weighted by molar-refractivity contribution is 0.0948. The van der Waals surface area contributed by atoms with E-state index in [-0.39, 0.29) is 11.7 Å². The number of carbonyl (C=O) groups is 2. The highest BCUT2D eigenvalue weighted by molar-refractivity contribution is 7.11. The molecule has 2 heterocycles. The van der Waals surface area contributed by atoms with Gasteiger partial charge in [0.05, 0.1) is 15.1 Å². The first-order valence-electron chi connectivity index (χ1n) is 8.55. The predicted molar refractivity (Wildman–Crippen MR) is 111 cm³/mol. The minimum Gasteiger partial charge on any atom is -0.348 e. The standard InChI is InChI=1S/C20H17Cl2N3O2S/c1-12-23-11-15(28-12)4-7-19(26)18-6-2-13(9-24-18)10-25-20(27)14-3-5-16(21)17(22)8-14/h2-3,5-6,8-9,11H,4,7,10H2,1H3,(H,25,27). The van der Waals surface area contributed by atoms with Crippen LogP contribution in [0.15, 0.2) is 42.7 Å². The molecule has 0 saturated carbocycles. The molecule has 0 unspecified atom stereocenters. The van der Waals surface area contributed by atoms with Gasteiger partial charge in [0.1, 0.15) is 5.69 Å². The van der Waals surface area contributed by atoms with Crippen LogP contribution in [0.5, 0.6) is 0 Å². The highest BCUT2D eigenvalue weighted by Crippen LogP contribution is 2.22. The molecule has 0 aliphatic rings. The molecule has 0 aliphatic heterocycles. The van der Waals surface area contributed by atoms with Gasteiger partial charge < -0.3 is 5.32 Å². The van der Waals surface area contributed by atoms with Crippen LogP contribution in [0.4, 0.5) is 0 Å². The van der Waals surface area contributed by atoms with Crippen molar-refractivity contribution in [3.8, 4) is 0 Å². The first-order chi connectivity index (χ1) is 13.4. The van der Waals surface area contributed by atoms with Crippen molar-refractivity contribution in [2.24, 2.45) is 0 Å². The molecule has 5 nitrogen and oxygen atoms in total. The summed E-state index contributed by atoms with van der Waals surface area (Å²) in [6.07, 6.45) is 4.45. The van der Waals surface area contributed by atoms with Gasteiger partial charge in [-0.05, 0) is 43.2 Å². The number of nitrogens with one attached hydrogen (secondary N) is 1. The summed E-state index contributed by atoms with van der Waals surface area (Å²) >= 11 is 13.4. The zero-order valence-electron chi connectivity index (χ0n) is 15.0. The molecular weight excluding hydrogens is 417 g/mol. The number of ketones is 1. The molecular formula is C20H17Cl2N3O2S. The third-order valence-corrected chi connectivity index (χ3v) is 5.72. The molecule has 8 heteroatoms. The van der Waals surface area contributed by atoms with Crippen molar-refractivity contribution < 1.29 is 9.59 Å². The summed E-state index contributed by atoms with van der Waals surface area (Å²) in [5.74, 6) is -0.281. The Kier molecular flexibility index (Phi) is 6.78. The number of rotatable bonds is 7. The van der Waals surface area contributed by atoms with Gasteiger partial charge in [-0.2, -0.15) is 0 Å². The van der Waals surface area contributed by atoms with Crippen LogP contribution in [-0.2, 0) is 13.0 Å².